The van der Waals surface area contributed by atoms with Gasteiger partial charge in [-0.25, -0.2) is 0 Å². The second-order valence-electron chi connectivity index (χ2n) is 6.06. The van der Waals surface area contributed by atoms with Gasteiger partial charge in [0.15, 0.2) is 11.5 Å². The second kappa shape index (κ2) is 6.78. The normalized spacial score (nSPS) is 13.2. The second-order valence-corrected chi connectivity index (χ2v) is 6.06. The Labute approximate surface area is 125 Å². The molecule has 0 saturated heterocycles. The average Bonchev–Trinajstić information content (AvgIpc) is 2.40. The molecule has 0 aliphatic rings. The van der Waals surface area contributed by atoms with E-state index in [1.54, 1.807) is 6.07 Å². The van der Waals surface area contributed by atoms with Crippen LogP contribution in [0.1, 0.15) is 19.4 Å². The molecule has 1 rings (SSSR count). The number of phenolic OH excluding ortho intramolecular Hbond substituents is 2. The summed E-state index contributed by atoms with van der Waals surface area (Å²) in [5.74, 6) is -0.643. The lowest BCUT2D eigenvalue weighted by atomic mass is 10.0. The molecule has 21 heavy (non-hydrogen) atoms. The van der Waals surface area contributed by atoms with Crippen LogP contribution in [0.2, 0.25) is 0 Å². The average molecular weight is 295 g/mol. The molecule has 0 aromatic heterocycles. The van der Waals surface area contributed by atoms with Crippen molar-refractivity contribution < 1.29 is 15.0 Å². The molecule has 6 nitrogen and oxygen atoms in total. The molecule has 0 heterocycles. The van der Waals surface area contributed by atoms with Gasteiger partial charge in [-0.15, -0.1) is 0 Å². The Balaban J connectivity index is 2.57. The molecular weight excluding hydrogens is 270 g/mol. The summed E-state index contributed by atoms with van der Waals surface area (Å²) in [6.07, 6.45) is 0.294. The number of amides is 1. The summed E-state index contributed by atoms with van der Waals surface area (Å²) in [6.45, 7) is 4.54. The highest BCUT2D eigenvalue weighted by Crippen LogP contribution is 2.25. The van der Waals surface area contributed by atoms with Gasteiger partial charge in [0.25, 0.3) is 0 Å². The monoisotopic (exact) mass is 295 g/mol. The summed E-state index contributed by atoms with van der Waals surface area (Å²) in [6, 6.07) is 3.72. The third-order valence-electron chi connectivity index (χ3n) is 3.74. The number of hydrogen-bond donors (Lipinski definition) is 4. The van der Waals surface area contributed by atoms with Gasteiger partial charge < -0.3 is 26.2 Å². The van der Waals surface area contributed by atoms with Crippen molar-refractivity contribution in [1.29, 1.82) is 0 Å². The maximum absolute atomic E-state index is 12.0. The van der Waals surface area contributed by atoms with Crippen molar-refractivity contribution in [3.8, 4) is 11.5 Å². The number of carbonyl (C=O) groups excluding carboxylic acids is 1. The zero-order chi connectivity index (χ0) is 16.2. The van der Waals surface area contributed by atoms with Gasteiger partial charge in [0, 0.05) is 12.1 Å². The molecule has 0 radical (unpaired) electrons. The van der Waals surface area contributed by atoms with Gasteiger partial charge in [-0.3, -0.25) is 4.79 Å². The van der Waals surface area contributed by atoms with Crippen LogP contribution in [-0.4, -0.2) is 53.2 Å². The van der Waals surface area contributed by atoms with Gasteiger partial charge in [0.1, 0.15) is 0 Å². The molecule has 1 atom stereocenters. The SMILES string of the molecule is CN(C)C(C)(C)CNC(=O)[C@@H](N)Cc1ccc(O)c(O)c1. The van der Waals surface area contributed by atoms with Gasteiger partial charge >= 0.3 is 0 Å². The zero-order valence-corrected chi connectivity index (χ0v) is 13.1. The van der Waals surface area contributed by atoms with Crippen LogP contribution in [0, 0.1) is 0 Å². The van der Waals surface area contributed by atoms with Crippen LogP contribution in [0.3, 0.4) is 0 Å². The lowest BCUT2D eigenvalue weighted by molar-refractivity contribution is -0.122. The molecule has 0 bridgehead atoms. The molecule has 1 aromatic rings. The molecule has 0 saturated carbocycles. The first-order chi connectivity index (χ1) is 9.63. The Kier molecular flexibility index (Phi) is 5.57. The van der Waals surface area contributed by atoms with Crippen LogP contribution in [0.4, 0.5) is 0 Å². The van der Waals surface area contributed by atoms with Gasteiger partial charge in [-0.2, -0.15) is 0 Å². The predicted molar refractivity (Wildman–Crippen MR) is 82.2 cm³/mol. The van der Waals surface area contributed by atoms with Crippen molar-refractivity contribution >= 4 is 5.91 Å². The number of nitrogens with zero attached hydrogens (tertiary/aromatic N) is 1. The van der Waals surface area contributed by atoms with E-state index in [-0.39, 0.29) is 22.9 Å². The lowest BCUT2D eigenvalue weighted by Gasteiger charge is -2.33. The van der Waals surface area contributed by atoms with E-state index in [1.165, 1.54) is 12.1 Å². The van der Waals surface area contributed by atoms with Gasteiger partial charge in [-0.05, 0) is 52.1 Å². The molecule has 0 spiro atoms. The Morgan fingerprint density at radius 3 is 2.48 bits per heavy atom. The van der Waals surface area contributed by atoms with Crippen molar-refractivity contribution in [2.24, 2.45) is 5.73 Å². The maximum Gasteiger partial charge on any atom is 0.237 e. The first-order valence-electron chi connectivity index (χ1n) is 6.85. The topological polar surface area (TPSA) is 98.8 Å². The lowest BCUT2D eigenvalue weighted by Crippen LogP contribution is -2.51. The van der Waals surface area contributed by atoms with E-state index < -0.39 is 6.04 Å². The van der Waals surface area contributed by atoms with E-state index in [4.69, 9.17) is 5.73 Å². The molecule has 118 valence electrons. The van der Waals surface area contributed by atoms with Crippen molar-refractivity contribution in [2.45, 2.75) is 31.8 Å². The van der Waals surface area contributed by atoms with Crippen LogP contribution in [0.25, 0.3) is 0 Å². The number of carbonyl (C=O) groups is 1. The highest BCUT2D eigenvalue weighted by atomic mass is 16.3. The van der Waals surface area contributed by atoms with Crippen LogP contribution in [0.5, 0.6) is 11.5 Å². The van der Waals surface area contributed by atoms with Crippen LogP contribution >= 0.6 is 0 Å². The summed E-state index contributed by atoms with van der Waals surface area (Å²) in [5, 5.41) is 21.5. The minimum Gasteiger partial charge on any atom is -0.504 e. The van der Waals surface area contributed by atoms with Crippen molar-refractivity contribution in [1.82, 2.24) is 10.2 Å². The molecule has 0 unspecified atom stereocenters. The minimum absolute atomic E-state index is 0.161. The number of likely N-dealkylation sites (N-methyl/N-ethyl adjacent to an activating group) is 1. The predicted octanol–water partition coefficient (Wildman–Crippen LogP) is 0.424. The Hall–Kier alpha value is -1.79. The molecule has 1 aromatic carbocycles. The van der Waals surface area contributed by atoms with Crippen LogP contribution in [-0.2, 0) is 11.2 Å². The molecule has 0 aliphatic carbocycles. The first kappa shape index (κ1) is 17.3. The number of phenols is 2. The number of nitrogens with one attached hydrogen (secondary N) is 1. The Morgan fingerprint density at radius 2 is 1.95 bits per heavy atom. The number of rotatable bonds is 6. The standard InChI is InChI=1S/C15H25N3O3/c1-15(2,18(3)4)9-17-14(21)11(16)7-10-5-6-12(19)13(20)8-10/h5-6,8,11,19-20H,7,9,16H2,1-4H3,(H,17,21)/t11-/m0/s1. The number of benzene rings is 1. The van der Waals surface area contributed by atoms with Crippen molar-refractivity contribution in [3.05, 3.63) is 23.8 Å². The zero-order valence-electron chi connectivity index (χ0n) is 13.1. The summed E-state index contributed by atoms with van der Waals surface area (Å²) >= 11 is 0. The smallest absolute Gasteiger partial charge is 0.237 e. The molecule has 0 aliphatic heterocycles. The quantitative estimate of drug-likeness (QED) is 0.570. The summed E-state index contributed by atoms with van der Waals surface area (Å²) in [7, 11) is 3.90. The van der Waals surface area contributed by atoms with E-state index in [1.807, 2.05) is 32.8 Å². The number of nitrogens with two attached hydrogens (primary N) is 1. The number of aromatic hydroxyl groups is 2. The van der Waals surface area contributed by atoms with E-state index in [2.05, 4.69) is 5.32 Å². The molecule has 5 N–H and O–H groups in total. The van der Waals surface area contributed by atoms with Gasteiger partial charge in [-0.1, -0.05) is 6.07 Å². The Bertz CT molecular complexity index is 501. The molecule has 0 fully saturated rings. The van der Waals surface area contributed by atoms with Crippen LogP contribution < -0.4 is 11.1 Å². The van der Waals surface area contributed by atoms with E-state index in [9.17, 15) is 15.0 Å². The fourth-order valence-electron chi connectivity index (χ4n) is 1.64. The van der Waals surface area contributed by atoms with E-state index >= 15 is 0 Å². The third kappa shape index (κ3) is 4.91. The maximum atomic E-state index is 12.0. The minimum atomic E-state index is -0.702. The van der Waals surface area contributed by atoms with Crippen molar-refractivity contribution in [2.75, 3.05) is 20.6 Å². The molecule has 6 heteroatoms. The first-order valence-corrected chi connectivity index (χ1v) is 6.85. The van der Waals surface area contributed by atoms with Crippen LogP contribution in [0.15, 0.2) is 18.2 Å². The summed E-state index contributed by atoms with van der Waals surface area (Å²) in [4.78, 5) is 14.0. The summed E-state index contributed by atoms with van der Waals surface area (Å²) in [5.41, 5.74) is 6.41. The largest absolute Gasteiger partial charge is 0.504 e. The highest BCUT2D eigenvalue weighted by molar-refractivity contribution is 5.81. The third-order valence-corrected chi connectivity index (χ3v) is 3.74. The fraction of sp³-hybridized carbons (Fsp3) is 0.533. The van der Waals surface area contributed by atoms with E-state index in [0.717, 1.165) is 0 Å². The number of hydrogen-bond acceptors (Lipinski definition) is 5. The van der Waals surface area contributed by atoms with Crippen molar-refractivity contribution in [3.63, 3.8) is 0 Å². The molecule has 1 amide bonds. The van der Waals surface area contributed by atoms with Gasteiger partial charge in [0.2, 0.25) is 5.91 Å². The Morgan fingerprint density at radius 1 is 1.33 bits per heavy atom. The fourth-order valence-corrected chi connectivity index (χ4v) is 1.64. The summed E-state index contributed by atoms with van der Waals surface area (Å²) < 4.78 is 0. The highest BCUT2D eigenvalue weighted by Gasteiger charge is 2.23. The van der Waals surface area contributed by atoms with Gasteiger partial charge in [0.05, 0.1) is 6.04 Å². The molecular formula is C15H25N3O3. The van der Waals surface area contributed by atoms with E-state index in [0.29, 0.717) is 18.5 Å².